The number of aryl methyl sites for hydroxylation is 1. The molecular weight excluding hydrogens is 378 g/mol. The van der Waals surface area contributed by atoms with Crippen LogP contribution in [0.15, 0.2) is 24.5 Å². The van der Waals surface area contributed by atoms with Gasteiger partial charge in [-0.2, -0.15) is 5.10 Å². The van der Waals surface area contributed by atoms with Gasteiger partial charge in [-0.25, -0.2) is 9.97 Å². The lowest BCUT2D eigenvalue weighted by atomic mass is 9.99. The van der Waals surface area contributed by atoms with E-state index >= 15 is 0 Å². The van der Waals surface area contributed by atoms with Crippen LogP contribution in [0.25, 0.3) is 11.3 Å². The molecule has 30 heavy (non-hydrogen) atoms. The lowest BCUT2D eigenvalue weighted by Gasteiger charge is -2.29. The van der Waals surface area contributed by atoms with Crippen LogP contribution in [0.4, 0.5) is 5.69 Å². The fourth-order valence-corrected chi connectivity index (χ4v) is 4.33. The zero-order valence-electron chi connectivity index (χ0n) is 17.7. The molecule has 1 N–H and O–H groups in total. The van der Waals surface area contributed by atoms with Crippen LogP contribution in [-0.2, 0) is 20.1 Å². The first-order valence-corrected chi connectivity index (χ1v) is 10.6. The van der Waals surface area contributed by atoms with E-state index in [9.17, 15) is 0 Å². The molecule has 2 aliphatic heterocycles. The molecule has 0 saturated carbocycles. The summed E-state index contributed by atoms with van der Waals surface area (Å²) in [4.78, 5) is 16.4. The number of rotatable bonds is 4. The molecule has 0 bridgehead atoms. The number of anilines is 1. The van der Waals surface area contributed by atoms with E-state index in [1.54, 1.807) is 6.20 Å². The molecule has 0 aromatic carbocycles. The van der Waals surface area contributed by atoms with Crippen LogP contribution in [0.5, 0.6) is 5.75 Å². The number of piperazine rings is 1. The van der Waals surface area contributed by atoms with E-state index in [0.29, 0.717) is 18.9 Å². The van der Waals surface area contributed by atoms with E-state index in [1.165, 1.54) is 11.4 Å². The second-order valence-corrected chi connectivity index (χ2v) is 8.19. The zero-order chi connectivity index (χ0) is 20.7. The summed E-state index contributed by atoms with van der Waals surface area (Å²) in [6.45, 7) is 8.88. The first kappa shape index (κ1) is 19.0. The van der Waals surface area contributed by atoms with Crippen molar-refractivity contribution in [2.75, 3.05) is 31.1 Å². The van der Waals surface area contributed by atoms with E-state index in [-0.39, 0.29) is 0 Å². The van der Waals surface area contributed by atoms with E-state index < -0.39 is 0 Å². The van der Waals surface area contributed by atoms with Crippen LogP contribution < -0.4 is 15.0 Å². The zero-order valence-corrected chi connectivity index (χ0v) is 17.7. The predicted octanol–water partition coefficient (Wildman–Crippen LogP) is 2.29. The van der Waals surface area contributed by atoms with Crippen molar-refractivity contribution in [3.05, 3.63) is 47.4 Å². The Balaban J connectivity index is 1.42. The third-order valence-corrected chi connectivity index (χ3v) is 5.75. The molecule has 3 aromatic rings. The van der Waals surface area contributed by atoms with Crippen LogP contribution >= 0.6 is 0 Å². The highest BCUT2D eigenvalue weighted by Gasteiger charge is 2.28. The smallest absolute Gasteiger partial charge is 0.164 e. The molecule has 8 nitrogen and oxygen atoms in total. The normalized spacial score (nSPS) is 15.7. The van der Waals surface area contributed by atoms with Gasteiger partial charge < -0.3 is 15.0 Å². The molecule has 0 radical (unpaired) electrons. The van der Waals surface area contributed by atoms with Crippen molar-refractivity contribution in [1.29, 1.82) is 0 Å². The number of hydrogen-bond acceptors (Lipinski definition) is 7. The third-order valence-electron chi connectivity index (χ3n) is 5.75. The molecule has 1 fully saturated rings. The van der Waals surface area contributed by atoms with Gasteiger partial charge in [0.25, 0.3) is 0 Å². The molecule has 8 heteroatoms. The standard InChI is InChI=1S/C22H27N7O/c1-14(2)22-20-17(27-28(22)3)13-30-18-12-25-19(26-21(18)20)10-15-4-5-16(11-24-15)29-8-6-23-7-9-29/h4-5,11-12,14,23H,6-10,13H2,1-3H3. The molecule has 0 unspecified atom stereocenters. The molecule has 2 aliphatic rings. The quantitative estimate of drug-likeness (QED) is 0.713. The van der Waals surface area contributed by atoms with Gasteiger partial charge in [-0.1, -0.05) is 13.8 Å². The van der Waals surface area contributed by atoms with E-state index in [2.05, 4.69) is 51.3 Å². The van der Waals surface area contributed by atoms with Gasteiger partial charge in [-0.15, -0.1) is 0 Å². The molecule has 0 spiro atoms. The lowest BCUT2D eigenvalue weighted by molar-refractivity contribution is 0.293. The maximum absolute atomic E-state index is 5.86. The maximum Gasteiger partial charge on any atom is 0.164 e. The number of hydrogen-bond donors (Lipinski definition) is 1. The van der Waals surface area contributed by atoms with Crippen LogP contribution in [0.3, 0.4) is 0 Å². The minimum Gasteiger partial charge on any atom is -0.483 e. The predicted molar refractivity (Wildman–Crippen MR) is 115 cm³/mol. The summed E-state index contributed by atoms with van der Waals surface area (Å²) in [6.07, 6.45) is 4.33. The Hall–Kier alpha value is -3.00. The van der Waals surface area contributed by atoms with E-state index in [0.717, 1.165) is 60.4 Å². The number of ether oxygens (including phenoxy) is 1. The summed E-state index contributed by atoms with van der Waals surface area (Å²) in [5, 5.41) is 8.03. The molecule has 156 valence electrons. The Labute approximate surface area is 176 Å². The van der Waals surface area contributed by atoms with Crippen molar-refractivity contribution in [2.24, 2.45) is 7.05 Å². The van der Waals surface area contributed by atoms with Gasteiger partial charge in [0.15, 0.2) is 5.75 Å². The van der Waals surface area contributed by atoms with Crippen molar-refractivity contribution in [1.82, 2.24) is 30.0 Å². The van der Waals surface area contributed by atoms with Crippen molar-refractivity contribution >= 4 is 5.69 Å². The number of pyridine rings is 1. The lowest BCUT2D eigenvalue weighted by Crippen LogP contribution is -2.43. The Morgan fingerprint density at radius 3 is 2.70 bits per heavy atom. The average Bonchev–Trinajstić information content (AvgIpc) is 3.11. The monoisotopic (exact) mass is 405 g/mol. The molecule has 5 heterocycles. The Bertz CT molecular complexity index is 1050. The number of fused-ring (bicyclic) bond motifs is 3. The number of nitrogens with one attached hydrogen (secondary N) is 1. The fourth-order valence-electron chi connectivity index (χ4n) is 4.33. The molecule has 1 saturated heterocycles. The number of nitrogens with zero attached hydrogens (tertiary/aromatic N) is 6. The summed E-state index contributed by atoms with van der Waals surface area (Å²) in [7, 11) is 1.99. The average molecular weight is 406 g/mol. The highest BCUT2D eigenvalue weighted by Crippen LogP contribution is 2.39. The first-order chi connectivity index (χ1) is 14.6. The summed E-state index contributed by atoms with van der Waals surface area (Å²) in [6, 6.07) is 4.22. The van der Waals surface area contributed by atoms with Gasteiger partial charge in [0.05, 0.1) is 35.8 Å². The summed E-state index contributed by atoms with van der Waals surface area (Å²) >= 11 is 0. The SMILES string of the molecule is CC(C)c1c2c(nn1C)COc1cnc(Cc3ccc(N4CCNCC4)cn3)nc1-2. The maximum atomic E-state index is 5.86. The molecule has 0 aliphatic carbocycles. The van der Waals surface area contributed by atoms with Crippen LogP contribution in [0, 0.1) is 0 Å². The molecular formula is C22H27N7O. The second-order valence-electron chi connectivity index (χ2n) is 8.19. The third kappa shape index (κ3) is 3.41. The van der Waals surface area contributed by atoms with Gasteiger partial charge in [0.2, 0.25) is 0 Å². The fraction of sp³-hybridized carbons (Fsp3) is 0.455. The minimum atomic E-state index is 0.342. The number of aromatic nitrogens is 5. The second kappa shape index (κ2) is 7.68. The summed E-state index contributed by atoms with van der Waals surface area (Å²) < 4.78 is 7.81. The van der Waals surface area contributed by atoms with Gasteiger partial charge in [0, 0.05) is 38.9 Å². The Morgan fingerprint density at radius 2 is 1.97 bits per heavy atom. The van der Waals surface area contributed by atoms with E-state index in [1.807, 2.05) is 17.9 Å². The van der Waals surface area contributed by atoms with Crippen molar-refractivity contribution in [3.63, 3.8) is 0 Å². The first-order valence-electron chi connectivity index (χ1n) is 10.6. The van der Waals surface area contributed by atoms with Crippen molar-refractivity contribution < 1.29 is 4.74 Å². The highest BCUT2D eigenvalue weighted by atomic mass is 16.5. The topological polar surface area (TPSA) is 81.0 Å². The Morgan fingerprint density at radius 1 is 1.13 bits per heavy atom. The summed E-state index contributed by atoms with van der Waals surface area (Å²) in [5.74, 6) is 1.81. The summed E-state index contributed by atoms with van der Waals surface area (Å²) in [5.41, 5.74) is 6.19. The van der Waals surface area contributed by atoms with Gasteiger partial charge in [0.1, 0.15) is 23.8 Å². The van der Waals surface area contributed by atoms with Crippen molar-refractivity contribution in [3.8, 4) is 17.0 Å². The van der Waals surface area contributed by atoms with Gasteiger partial charge in [-0.05, 0) is 18.1 Å². The minimum absolute atomic E-state index is 0.342. The van der Waals surface area contributed by atoms with Crippen molar-refractivity contribution in [2.45, 2.75) is 32.8 Å². The van der Waals surface area contributed by atoms with Gasteiger partial charge >= 0.3 is 0 Å². The molecule has 0 amide bonds. The van der Waals surface area contributed by atoms with E-state index in [4.69, 9.17) is 9.72 Å². The van der Waals surface area contributed by atoms with Crippen LogP contribution in [0.1, 0.15) is 42.7 Å². The molecule has 3 aromatic heterocycles. The highest BCUT2D eigenvalue weighted by molar-refractivity contribution is 5.72. The largest absolute Gasteiger partial charge is 0.483 e. The Kier molecular flexibility index (Phi) is 4.86. The van der Waals surface area contributed by atoms with Crippen LogP contribution in [0.2, 0.25) is 0 Å². The molecule has 5 rings (SSSR count). The van der Waals surface area contributed by atoms with Crippen LogP contribution in [-0.4, -0.2) is 50.9 Å². The van der Waals surface area contributed by atoms with Gasteiger partial charge in [-0.3, -0.25) is 9.67 Å². The molecule has 0 atom stereocenters.